The summed E-state index contributed by atoms with van der Waals surface area (Å²) in [5, 5.41) is 0. The third kappa shape index (κ3) is 1.07. The fraction of sp³-hybridized carbons (Fsp3) is 0.786. The maximum absolute atomic E-state index is 11.6. The minimum atomic E-state index is 0.203. The molecule has 3 aliphatic rings. The molecule has 3 atom stereocenters. The SMILES string of the molecule is CC1(C)CC(=O)C=C2C[C@@H]3[C@H]([C@@H]21)C3(C)C. The van der Waals surface area contributed by atoms with Gasteiger partial charge in [-0.3, -0.25) is 4.79 Å². The maximum atomic E-state index is 11.6. The molecule has 0 aromatic carbocycles. The molecule has 0 spiro atoms. The smallest absolute Gasteiger partial charge is 0.156 e. The highest BCUT2D eigenvalue weighted by Crippen LogP contribution is 2.74. The Labute approximate surface area is 91.9 Å². The van der Waals surface area contributed by atoms with Crippen molar-refractivity contribution >= 4 is 5.78 Å². The van der Waals surface area contributed by atoms with E-state index >= 15 is 0 Å². The zero-order chi connectivity index (χ0) is 11.0. The molecule has 0 heterocycles. The molecular weight excluding hydrogens is 184 g/mol. The van der Waals surface area contributed by atoms with Crippen LogP contribution in [-0.4, -0.2) is 5.78 Å². The Hall–Kier alpha value is -0.590. The lowest BCUT2D eigenvalue weighted by Crippen LogP contribution is -2.33. The normalized spacial score (nSPS) is 44.4. The fourth-order valence-corrected chi connectivity index (χ4v) is 4.40. The molecule has 82 valence electrons. The third-order valence-electron chi connectivity index (χ3n) is 5.17. The Morgan fingerprint density at radius 3 is 2.60 bits per heavy atom. The maximum Gasteiger partial charge on any atom is 0.156 e. The van der Waals surface area contributed by atoms with Gasteiger partial charge in [0.15, 0.2) is 5.78 Å². The summed E-state index contributed by atoms with van der Waals surface area (Å²) in [6.45, 7) is 9.34. The van der Waals surface area contributed by atoms with Gasteiger partial charge < -0.3 is 0 Å². The van der Waals surface area contributed by atoms with Crippen molar-refractivity contribution in [2.45, 2.75) is 40.5 Å². The first-order chi connectivity index (χ1) is 6.84. The zero-order valence-corrected chi connectivity index (χ0v) is 10.1. The highest BCUT2D eigenvalue weighted by Gasteiger charge is 2.68. The van der Waals surface area contributed by atoms with Crippen molar-refractivity contribution in [3.05, 3.63) is 11.6 Å². The van der Waals surface area contributed by atoms with Crippen molar-refractivity contribution in [2.75, 3.05) is 0 Å². The summed E-state index contributed by atoms with van der Waals surface area (Å²) in [7, 11) is 0. The fourth-order valence-electron chi connectivity index (χ4n) is 4.40. The molecule has 2 fully saturated rings. The van der Waals surface area contributed by atoms with Crippen LogP contribution in [0.4, 0.5) is 0 Å². The van der Waals surface area contributed by atoms with Crippen LogP contribution in [0.25, 0.3) is 0 Å². The topological polar surface area (TPSA) is 17.1 Å². The van der Waals surface area contributed by atoms with E-state index in [-0.39, 0.29) is 5.41 Å². The monoisotopic (exact) mass is 204 g/mol. The Morgan fingerprint density at radius 1 is 1.27 bits per heavy atom. The lowest BCUT2D eigenvalue weighted by molar-refractivity contribution is -0.118. The van der Waals surface area contributed by atoms with Crippen molar-refractivity contribution in [2.24, 2.45) is 28.6 Å². The second-order valence-corrected chi connectivity index (χ2v) is 6.99. The molecule has 2 saturated carbocycles. The number of ketones is 1. The number of carbonyl (C=O) groups is 1. The summed E-state index contributed by atoms with van der Waals surface area (Å²) in [6, 6.07) is 0. The Balaban J connectivity index is 2.02. The van der Waals surface area contributed by atoms with Gasteiger partial charge in [-0.1, -0.05) is 33.3 Å². The molecule has 0 bridgehead atoms. The molecular formula is C14H20O. The molecule has 0 aliphatic heterocycles. The average molecular weight is 204 g/mol. The quantitative estimate of drug-likeness (QED) is 0.592. The molecule has 3 rings (SSSR count). The molecule has 0 saturated heterocycles. The van der Waals surface area contributed by atoms with Gasteiger partial charge in [-0.15, -0.1) is 0 Å². The number of carbonyl (C=O) groups excluding carboxylic acids is 1. The van der Waals surface area contributed by atoms with Gasteiger partial charge in [-0.25, -0.2) is 0 Å². The van der Waals surface area contributed by atoms with Gasteiger partial charge in [0.2, 0.25) is 0 Å². The van der Waals surface area contributed by atoms with E-state index in [1.165, 1.54) is 12.0 Å². The molecule has 15 heavy (non-hydrogen) atoms. The second-order valence-electron chi connectivity index (χ2n) is 6.99. The van der Waals surface area contributed by atoms with Gasteiger partial charge in [0.1, 0.15) is 0 Å². The molecule has 3 aliphatic carbocycles. The number of hydrogen-bond donors (Lipinski definition) is 0. The van der Waals surface area contributed by atoms with Gasteiger partial charge in [-0.05, 0) is 41.1 Å². The summed E-state index contributed by atoms with van der Waals surface area (Å²) in [6.07, 6.45) is 3.90. The summed E-state index contributed by atoms with van der Waals surface area (Å²) < 4.78 is 0. The first-order valence-electron chi connectivity index (χ1n) is 6.07. The lowest BCUT2D eigenvalue weighted by Gasteiger charge is -2.38. The van der Waals surface area contributed by atoms with Crippen LogP contribution in [0.3, 0.4) is 0 Å². The van der Waals surface area contributed by atoms with Crippen molar-refractivity contribution in [1.29, 1.82) is 0 Å². The summed E-state index contributed by atoms with van der Waals surface area (Å²) in [4.78, 5) is 11.6. The van der Waals surface area contributed by atoms with Crippen molar-refractivity contribution in [1.82, 2.24) is 0 Å². The van der Waals surface area contributed by atoms with Crippen LogP contribution in [0.15, 0.2) is 11.6 Å². The molecule has 0 aromatic heterocycles. The minimum Gasteiger partial charge on any atom is -0.295 e. The summed E-state index contributed by atoms with van der Waals surface area (Å²) in [5.74, 6) is 2.76. The second kappa shape index (κ2) is 2.39. The Morgan fingerprint density at radius 2 is 1.93 bits per heavy atom. The lowest BCUT2D eigenvalue weighted by atomic mass is 9.65. The van der Waals surface area contributed by atoms with Crippen LogP contribution < -0.4 is 0 Å². The minimum absolute atomic E-state index is 0.203. The largest absolute Gasteiger partial charge is 0.295 e. The van der Waals surface area contributed by atoms with Crippen molar-refractivity contribution in [3.63, 3.8) is 0 Å². The summed E-state index contributed by atoms with van der Waals surface area (Å²) in [5.41, 5.74) is 2.21. The van der Waals surface area contributed by atoms with E-state index in [9.17, 15) is 4.79 Å². The molecule has 0 aromatic rings. The van der Waals surface area contributed by atoms with Gasteiger partial charge in [-0.2, -0.15) is 0 Å². The van der Waals surface area contributed by atoms with E-state index < -0.39 is 0 Å². The van der Waals surface area contributed by atoms with Crippen LogP contribution in [-0.2, 0) is 4.79 Å². The third-order valence-corrected chi connectivity index (χ3v) is 5.17. The van der Waals surface area contributed by atoms with E-state index in [0.29, 0.717) is 17.1 Å². The van der Waals surface area contributed by atoms with E-state index in [4.69, 9.17) is 0 Å². The Bertz CT molecular complexity index is 373. The van der Waals surface area contributed by atoms with Crippen LogP contribution in [0.1, 0.15) is 40.5 Å². The first kappa shape index (κ1) is 9.62. The van der Waals surface area contributed by atoms with Gasteiger partial charge in [0.05, 0.1) is 0 Å². The number of hydrogen-bond acceptors (Lipinski definition) is 1. The van der Waals surface area contributed by atoms with Crippen molar-refractivity contribution in [3.8, 4) is 0 Å². The van der Waals surface area contributed by atoms with Gasteiger partial charge in [0, 0.05) is 6.42 Å². The van der Waals surface area contributed by atoms with E-state index in [2.05, 4.69) is 27.7 Å². The van der Waals surface area contributed by atoms with Crippen LogP contribution in [0.2, 0.25) is 0 Å². The zero-order valence-electron chi connectivity index (χ0n) is 10.1. The molecule has 1 nitrogen and oxygen atoms in total. The van der Waals surface area contributed by atoms with Crippen LogP contribution in [0.5, 0.6) is 0 Å². The van der Waals surface area contributed by atoms with Gasteiger partial charge in [0.25, 0.3) is 0 Å². The highest BCUT2D eigenvalue weighted by molar-refractivity contribution is 5.92. The molecule has 1 heteroatoms. The van der Waals surface area contributed by atoms with E-state index in [0.717, 1.165) is 18.3 Å². The standard InChI is InChI=1S/C14H20O/c1-13(2)7-9(15)5-8-6-10-12(11(8)13)14(10,3)4/h5,10-12H,6-7H2,1-4H3/t10-,11-,12-/m1/s1. The van der Waals surface area contributed by atoms with E-state index in [1.54, 1.807) is 0 Å². The highest BCUT2D eigenvalue weighted by atomic mass is 16.1. The predicted octanol–water partition coefficient (Wildman–Crippen LogP) is 3.20. The number of fused-ring (bicyclic) bond motifs is 3. The van der Waals surface area contributed by atoms with E-state index in [1.807, 2.05) is 6.08 Å². The molecule has 0 amide bonds. The molecule has 0 N–H and O–H groups in total. The Kier molecular flexibility index (Phi) is 1.53. The average Bonchev–Trinajstić information content (AvgIpc) is 2.48. The number of allylic oxidation sites excluding steroid dienone is 2. The first-order valence-corrected chi connectivity index (χ1v) is 6.07. The van der Waals surface area contributed by atoms with Crippen LogP contribution >= 0.6 is 0 Å². The molecule has 0 radical (unpaired) electrons. The summed E-state index contributed by atoms with van der Waals surface area (Å²) >= 11 is 0. The van der Waals surface area contributed by atoms with Crippen LogP contribution in [0, 0.1) is 28.6 Å². The number of rotatable bonds is 0. The van der Waals surface area contributed by atoms with Crippen molar-refractivity contribution < 1.29 is 4.79 Å². The van der Waals surface area contributed by atoms with Gasteiger partial charge >= 0.3 is 0 Å². The predicted molar refractivity (Wildman–Crippen MR) is 60.4 cm³/mol. The molecule has 0 unspecified atom stereocenters.